The molecule has 0 aromatic carbocycles. The zero-order valence-corrected chi connectivity index (χ0v) is 7.23. The molecule has 7 heavy (non-hydrogen) atoms. The molecule has 0 aliphatic rings. The van der Waals surface area contributed by atoms with Crippen LogP contribution >= 0.6 is 0 Å². The van der Waals surface area contributed by atoms with Crippen LogP contribution in [0.15, 0.2) is 0 Å². The van der Waals surface area contributed by atoms with Crippen LogP contribution in [0.25, 0.3) is 0 Å². The summed E-state index contributed by atoms with van der Waals surface area (Å²) in [4.78, 5) is 0. The van der Waals surface area contributed by atoms with Crippen molar-refractivity contribution >= 4 is 10.4 Å². The molecule has 0 aromatic rings. The quantitative estimate of drug-likeness (QED) is 0.213. The molecule has 0 bridgehead atoms. The van der Waals surface area contributed by atoms with E-state index >= 15 is 0 Å². The Hall–Kier alpha value is 1.38. The molecule has 0 N–H and O–H groups in total. The molecule has 0 atom stereocenters. The molecule has 0 saturated carbocycles. The Bertz CT molecular complexity index is 94.9. The Kier molecular flexibility index (Phi) is 12.4. The molecular weight excluding hydrogens is 178 g/mol. The van der Waals surface area contributed by atoms with Gasteiger partial charge in [-0.1, -0.05) is 0 Å². The smallest absolute Gasteiger partial charge is 0.759 e. The largest absolute Gasteiger partial charge is 2.00 e. The molecule has 0 rings (SSSR count). The molecule has 0 aromatic heterocycles. The fourth-order valence-corrected chi connectivity index (χ4v) is 0. The van der Waals surface area contributed by atoms with E-state index in [0.29, 0.717) is 0 Å². The van der Waals surface area contributed by atoms with Crippen molar-refractivity contribution in [2.24, 2.45) is 0 Å². The van der Waals surface area contributed by atoms with Crippen LogP contribution in [0, 0.1) is 0 Å². The fraction of sp³-hybridized carbons (Fsp3) is 0. The van der Waals surface area contributed by atoms with E-state index in [4.69, 9.17) is 17.5 Å². The first-order chi connectivity index (χ1) is 2.00. The van der Waals surface area contributed by atoms with Gasteiger partial charge in [0.05, 0.1) is 0 Å². The monoisotopic (exact) mass is 178 g/mol. The van der Waals surface area contributed by atoms with Gasteiger partial charge in [0.15, 0.2) is 0 Å². The third-order valence-electron chi connectivity index (χ3n) is 0. The second-order valence-corrected chi connectivity index (χ2v) is 1.22. The van der Waals surface area contributed by atoms with Gasteiger partial charge in [0.2, 0.25) is 0 Å². The standard InChI is InChI=1S/Co.Na.H2O4S/c;;1-5(2,3)4/h;;(H2,1,2,3,4)/q+2;+1;/p-2. The molecule has 0 aliphatic carbocycles. The molecule has 0 unspecified atom stereocenters. The van der Waals surface area contributed by atoms with Crippen LogP contribution in [0.4, 0.5) is 0 Å². The predicted octanol–water partition coefficient (Wildman–Crippen LogP) is -4.34. The molecule has 0 aliphatic heterocycles. The van der Waals surface area contributed by atoms with Gasteiger partial charge in [-0.3, -0.25) is 8.42 Å². The van der Waals surface area contributed by atoms with Gasteiger partial charge in [-0.25, -0.2) is 0 Å². The van der Waals surface area contributed by atoms with Crippen LogP contribution in [0.1, 0.15) is 0 Å². The molecule has 0 saturated heterocycles. The Balaban J connectivity index is -0.0000000800. The van der Waals surface area contributed by atoms with E-state index in [2.05, 4.69) is 0 Å². The minimum absolute atomic E-state index is 0. The summed E-state index contributed by atoms with van der Waals surface area (Å²) >= 11 is 0. The molecule has 1 radical (unpaired) electrons. The van der Waals surface area contributed by atoms with Gasteiger partial charge in [-0.05, 0) is 0 Å². The normalized spacial score (nSPS) is 8.29. The van der Waals surface area contributed by atoms with Crippen molar-refractivity contribution in [2.75, 3.05) is 0 Å². The van der Waals surface area contributed by atoms with Crippen molar-refractivity contribution in [1.82, 2.24) is 0 Å². The summed E-state index contributed by atoms with van der Waals surface area (Å²) in [6, 6.07) is 0. The van der Waals surface area contributed by atoms with Crippen molar-refractivity contribution in [3.8, 4) is 0 Å². The number of hydrogen-bond donors (Lipinski definition) is 0. The first kappa shape index (κ1) is 15.8. The van der Waals surface area contributed by atoms with E-state index in [9.17, 15) is 0 Å². The van der Waals surface area contributed by atoms with E-state index in [1.54, 1.807) is 0 Å². The van der Waals surface area contributed by atoms with E-state index in [1.165, 1.54) is 0 Å². The molecule has 0 heterocycles. The van der Waals surface area contributed by atoms with Gasteiger partial charge in [0.25, 0.3) is 0 Å². The topological polar surface area (TPSA) is 80.3 Å². The van der Waals surface area contributed by atoms with E-state index in [0.717, 1.165) is 0 Å². The van der Waals surface area contributed by atoms with Crippen LogP contribution in [0.5, 0.6) is 0 Å². The van der Waals surface area contributed by atoms with Gasteiger partial charge in [0.1, 0.15) is 0 Å². The first-order valence-corrected chi connectivity index (χ1v) is 2.00. The summed E-state index contributed by atoms with van der Waals surface area (Å²) in [5, 5.41) is 0. The van der Waals surface area contributed by atoms with Crippen LogP contribution in [-0.4, -0.2) is 17.5 Å². The Morgan fingerprint density at radius 2 is 1.14 bits per heavy atom. The summed E-state index contributed by atoms with van der Waals surface area (Å²) in [5.74, 6) is 0. The zero-order chi connectivity index (χ0) is 4.50. The van der Waals surface area contributed by atoms with Gasteiger partial charge < -0.3 is 9.11 Å². The maximum absolute atomic E-state index is 8.52. The minimum Gasteiger partial charge on any atom is -0.759 e. The van der Waals surface area contributed by atoms with Gasteiger partial charge in [-0.15, -0.1) is 0 Å². The van der Waals surface area contributed by atoms with Crippen LogP contribution in [0.3, 0.4) is 0 Å². The summed E-state index contributed by atoms with van der Waals surface area (Å²) < 4.78 is 34.1. The van der Waals surface area contributed by atoms with Crippen LogP contribution < -0.4 is 29.6 Å². The molecule has 0 fully saturated rings. The second-order valence-electron chi connectivity index (χ2n) is 0.408. The molecule has 39 valence electrons. The summed E-state index contributed by atoms with van der Waals surface area (Å²) in [7, 11) is -5.17. The Morgan fingerprint density at radius 3 is 1.14 bits per heavy atom. The average molecular weight is 178 g/mol. The van der Waals surface area contributed by atoms with Crippen molar-refractivity contribution < 1.29 is 63.9 Å². The van der Waals surface area contributed by atoms with Crippen molar-refractivity contribution in [3.05, 3.63) is 0 Å². The first-order valence-electron chi connectivity index (χ1n) is 0.667. The molecule has 4 nitrogen and oxygen atoms in total. The SMILES string of the molecule is O=S(=O)([O-])[O-].[Co+2].[Na+]. The summed E-state index contributed by atoms with van der Waals surface area (Å²) in [6.45, 7) is 0. The summed E-state index contributed by atoms with van der Waals surface area (Å²) in [6.07, 6.45) is 0. The molecular formula is CoNaO4S+. The summed E-state index contributed by atoms with van der Waals surface area (Å²) in [5.41, 5.74) is 0. The maximum Gasteiger partial charge on any atom is 2.00 e. The maximum atomic E-state index is 8.52. The van der Waals surface area contributed by atoms with Gasteiger partial charge >= 0.3 is 46.3 Å². The van der Waals surface area contributed by atoms with Gasteiger partial charge in [-0.2, -0.15) is 0 Å². The van der Waals surface area contributed by atoms with E-state index in [1.807, 2.05) is 0 Å². The molecule has 0 spiro atoms. The Labute approximate surface area is 73.7 Å². The second kappa shape index (κ2) is 5.51. The third-order valence-corrected chi connectivity index (χ3v) is 0. The van der Waals surface area contributed by atoms with Crippen molar-refractivity contribution in [3.63, 3.8) is 0 Å². The van der Waals surface area contributed by atoms with Crippen LogP contribution in [-0.2, 0) is 27.2 Å². The number of rotatable bonds is 0. The van der Waals surface area contributed by atoms with Gasteiger partial charge in [0, 0.05) is 10.4 Å². The van der Waals surface area contributed by atoms with Crippen molar-refractivity contribution in [1.29, 1.82) is 0 Å². The number of hydrogen-bond acceptors (Lipinski definition) is 4. The Morgan fingerprint density at radius 1 is 1.14 bits per heavy atom. The third kappa shape index (κ3) is 113. The van der Waals surface area contributed by atoms with E-state index in [-0.39, 0.29) is 46.3 Å². The minimum atomic E-state index is -5.17. The molecule has 0 amide bonds. The zero-order valence-electron chi connectivity index (χ0n) is 3.37. The fourth-order valence-electron chi connectivity index (χ4n) is 0. The van der Waals surface area contributed by atoms with Crippen molar-refractivity contribution in [2.45, 2.75) is 0 Å². The van der Waals surface area contributed by atoms with E-state index < -0.39 is 10.4 Å². The molecule has 7 heteroatoms. The van der Waals surface area contributed by atoms with Crippen LogP contribution in [0.2, 0.25) is 0 Å². The predicted molar refractivity (Wildman–Crippen MR) is 10.5 cm³/mol. The average Bonchev–Trinajstić information content (AvgIpc) is 0.722.